The van der Waals surface area contributed by atoms with Crippen molar-refractivity contribution in [1.82, 2.24) is 0 Å². The van der Waals surface area contributed by atoms with E-state index < -0.39 is 0 Å². The van der Waals surface area contributed by atoms with Gasteiger partial charge < -0.3 is 24.0 Å². The molecular formula is C14H14IN. The first-order valence-electron chi connectivity index (χ1n) is 5.46. The van der Waals surface area contributed by atoms with Crippen molar-refractivity contribution in [2.24, 2.45) is 0 Å². The molecule has 0 spiro atoms. The van der Waals surface area contributed by atoms with Crippen LogP contribution in [-0.2, 0) is 0 Å². The van der Waals surface area contributed by atoms with Crippen LogP contribution in [0, 0.1) is 0 Å². The standard InChI is InChI=1S/C14H14N.HI/c1-3-15-10(2)12-8-4-6-11-7-5-9-13(15)14(11)12;/h4-9H,3H2,1-2H3;1H/q+1;/p-1. The predicted octanol–water partition coefficient (Wildman–Crippen LogP) is 0.330. The molecule has 0 saturated heterocycles. The third kappa shape index (κ3) is 1.39. The Morgan fingerprint density at radius 3 is 2.44 bits per heavy atom. The Morgan fingerprint density at radius 1 is 1.06 bits per heavy atom. The van der Waals surface area contributed by atoms with Crippen molar-refractivity contribution in [3.8, 4) is 0 Å². The van der Waals surface area contributed by atoms with Gasteiger partial charge >= 0.3 is 0 Å². The zero-order valence-electron chi connectivity index (χ0n) is 9.50. The molecule has 0 aromatic heterocycles. The molecule has 0 bridgehead atoms. The second-order valence-corrected chi connectivity index (χ2v) is 4.01. The van der Waals surface area contributed by atoms with Crippen LogP contribution < -0.4 is 24.0 Å². The quantitative estimate of drug-likeness (QED) is 0.526. The van der Waals surface area contributed by atoms with Crippen LogP contribution in [0.3, 0.4) is 0 Å². The minimum Gasteiger partial charge on any atom is -1.00 e. The molecule has 1 aliphatic rings. The second kappa shape index (κ2) is 4.17. The van der Waals surface area contributed by atoms with Crippen LogP contribution in [0.4, 0.5) is 5.69 Å². The summed E-state index contributed by atoms with van der Waals surface area (Å²) in [7, 11) is 0. The highest BCUT2D eigenvalue weighted by atomic mass is 127. The van der Waals surface area contributed by atoms with Crippen molar-refractivity contribution in [1.29, 1.82) is 0 Å². The summed E-state index contributed by atoms with van der Waals surface area (Å²) in [4.78, 5) is 0. The molecule has 0 amide bonds. The lowest BCUT2D eigenvalue weighted by Crippen LogP contribution is -3.00. The van der Waals surface area contributed by atoms with Crippen LogP contribution >= 0.6 is 0 Å². The van der Waals surface area contributed by atoms with Gasteiger partial charge in [0, 0.05) is 13.0 Å². The molecule has 0 atom stereocenters. The number of benzene rings is 2. The van der Waals surface area contributed by atoms with Gasteiger partial charge in [0.05, 0.1) is 10.9 Å². The SMILES string of the molecule is CC[N+]1=C(C)c2cccc3cccc1c23.[I-]. The average Bonchev–Trinajstić information content (AvgIpc) is 2.55. The Morgan fingerprint density at radius 2 is 1.75 bits per heavy atom. The summed E-state index contributed by atoms with van der Waals surface area (Å²) in [5, 5.41) is 2.76. The van der Waals surface area contributed by atoms with E-state index in [1.807, 2.05) is 0 Å². The molecule has 2 aromatic carbocycles. The molecule has 0 unspecified atom stereocenters. The Hall–Kier alpha value is -0.900. The van der Waals surface area contributed by atoms with Gasteiger partial charge in [-0.1, -0.05) is 24.3 Å². The van der Waals surface area contributed by atoms with Gasteiger partial charge in [-0.05, 0) is 18.4 Å². The molecule has 0 fully saturated rings. The first-order valence-corrected chi connectivity index (χ1v) is 5.46. The summed E-state index contributed by atoms with van der Waals surface area (Å²) in [6.07, 6.45) is 0. The highest BCUT2D eigenvalue weighted by molar-refractivity contribution is 6.14. The summed E-state index contributed by atoms with van der Waals surface area (Å²) in [6, 6.07) is 13.1. The van der Waals surface area contributed by atoms with Gasteiger partial charge in [-0.15, -0.1) is 0 Å². The lowest BCUT2D eigenvalue weighted by Gasteiger charge is -1.97. The van der Waals surface area contributed by atoms with Gasteiger partial charge in [0.25, 0.3) is 0 Å². The topological polar surface area (TPSA) is 3.01 Å². The van der Waals surface area contributed by atoms with E-state index in [-0.39, 0.29) is 24.0 Å². The highest BCUT2D eigenvalue weighted by Crippen LogP contribution is 2.34. The number of rotatable bonds is 1. The van der Waals surface area contributed by atoms with E-state index in [1.165, 1.54) is 27.7 Å². The monoisotopic (exact) mass is 323 g/mol. The van der Waals surface area contributed by atoms with E-state index in [0.29, 0.717) is 0 Å². The molecule has 1 aliphatic heterocycles. The highest BCUT2D eigenvalue weighted by Gasteiger charge is 2.26. The molecule has 1 heterocycles. The molecule has 16 heavy (non-hydrogen) atoms. The molecule has 3 rings (SSSR count). The second-order valence-electron chi connectivity index (χ2n) is 4.01. The predicted molar refractivity (Wildman–Crippen MR) is 64.2 cm³/mol. The van der Waals surface area contributed by atoms with Crippen molar-refractivity contribution in [3.63, 3.8) is 0 Å². The van der Waals surface area contributed by atoms with E-state index in [1.54, 1.807) is 0 Å². The smallest absolute Gasteiger partial charge is 0.214 e. The summed E-state index contributed by atoms with van der Waals surface area (Å²) in [5.41, 5.74) is 4.14. The zero-order valence-corrected chi connectivity index (χ0v) is 11.7. The number of hydrogen-bond donors (Lipinski definition) is 0. The Bertz CT molecular complexity index is 579. The van der Waals surface area contributed by atoms with Crippen molar-refractivity contribution < 1.29 is 28.6 Å². The zero-order chi connectivity index (χ0) is 10.4. The number of nitrogens with zero attached hydrogens (tertiary/aromatic N) is 1. The summed E-state index contributed by atoms with van der Waals surface area (Å²) < 4.78 is 2.39. The fraction of sp³-hybridized carbons (Fsp3) is 0.214. The van der Waals surface area contributed by atoms with E-state index in [2.05, 4.69) is 54.8 Å². The minimum absolute atomic E-state index is 0. The fourth-order valence-electron chi connectivity index (χ4n) is 2.58. The van der Waals surface area contributed by atoms with E-state index in [9.17, 15) is 0 Å². The lowest BCUT2D eigenvalue weighted by molar-refractivity contribution is -0.432. The molecule has 82 valence electrons. The average molecular weight is 323 g/mol. The van der Waals surface area contributed by atoms with E-state index >= 15 is 0 Å². The molecule has 2 aromatic rings. The van der Waals surface area contributed by atoms with Gasteiger partial charge in [0.15, 0.2) is 5.71 Å². The molecule has 0 N–H and O–H groups in total. The third-order valence-corrected chi connectivity index (χ3v) is 3.28. The van der Waals surface area contributed by atoms with Gasteiger partial charge in [-0.2, -0.15) is 4.58 Å². The van der Waals surface area contributed by atoms with Crippen molar-refractivity contribution in [2.75, 3.05) is 6.54 Å². The van der Waals surface area contributed by atoms with Crippen molar-refractivity contribution in [3.05, 3.63) is 42.0 Å². The first kappa shape index (κ1) is 11.6. The molecular weight excluding hydrogens is 309 g/mol. The Labute approximate surface area is 113 Å². The Kier molecular flexibility index (Phi) is 3.02. The number of halogens is 1. The lowest BCUT2D eigenvalue weighted by atomic mass is 10.0. The first-order chi connectivity index (χ1) is 7.33. The third-order valence-electron chi connectivity index (χ3n) is 3.28. The van der Waals surface area contributed by atoms with E-state index in [4.69, 9.17) is 0 Å². The molecule has 0 radical (unpaired) electrons. The molecule has 2 heteroatoms. The molecule has 0 aliphatic carbocycles. The molecule has 0 saturated carbocycles. The normalized spacial score (nSPS) is 13.1. The Balaban J connectivity index is 0.000000963. The van der Waals surface area contributed by atoms with Crippen LogP contribution in [0.25, 0.3) is 10.8 Å². The van der Waals surface area contributed by atoms with Crippen LogP contribution in [-0.4, -0.2) is 16.8 Å². The number of hydrogen-bond acceptors (Lipinski definition) is 0. The maximum Gasteiger partial charge on any atom is 0.214 e. The minimum atomic E-state index is 0. The largest absolute Gasteiger partial charge is 1.00 e. The van der Waals surface area contributed by atoms with Crippen LogP contribution in [0.2, 0.25) is 0 Å². The van der Waals surface area contributed by atoms with Gasteiger partial charge in [-0.25, -0.2) is 0 Å². The van der Waals surface area contributed by atoms with Gasteiger partial charge in [0.1, 0.15) is 6.54 Å². The summed E-state index contributed by atoms with van der Waals surface area (Å²) in [6.45, 7) is 5.45. The summed E-state index contributed by atoms with van der Waals surface area (Å²) >= 11 is 0. The van der Waals surface area contributed by atoms with Crippen molar-refractivity contribution >= 4 is 22.2 Å². The van der Waals surface area contributed by atoms with Gasteiger partial charge in [-0.3, -0.25) is 0 Å². The van der Waals surface area contributed by atoms with Crippen LogP contribution in [0.15, 0.2) is 36.4 Å². The maximum absolute atomic E-state index is 2.39. The van der Waals surface area contributed by atoms with Crippen molar-refractivity contribution in [2.45, 2.75) is 13.8 Å². The van der Waals surface area contributed by atoms with Gasteiger partial charge in [0.2, 0.25) is 5.69 Å². The maximum atomic E-state index is 2.39. The molecule has 1 nitrogen and oxygen atoms in total. The van der Waals surface area contributed by atoms with Crippen LogP contribution in [0.1, 0.15) is 19.4 Å². The fourth-order valence-corrected chi connectivity index (χ4v) is 2.58. The van der Waals surface area contributed by atoms with Crippen LogP contribution in [0.5, 0.6) is 0 Å². The van der Waals surface area contributed by atoms with E-state index in [0.717, 1.165) is 6.54 Å². The summed E-state index contributed by atoms with van der Waals surface area (Å²) in [5.74, 6) is 0.